The van der Waals surface area contributed by atoms with Crippen molar-refractivity contribution in [1.29, 1.82) is 0 Å². The molecule has 16 heavy (non-hydrogen) atoms. The average Bonchev–Trinajstić information content (AvgIpc) is 2.56. The minimum Gasteiger partial charge on any atom is -0.294 e. The van der Waals surface area contributed by atoms with Crippen molar-refractivity contribution in [2.24, 2.45) is 5.92 Å². The molecule has 1 aliphatic rings. The Morgan fingerprint density at radius 2 is 1.88 bits per heavy atom. The van der Waals surface area contributed by atoms with Gasteiger partial charge in [-0.25, -0.2) is 0 Å². The Morgan fingerprint density at radius 1 is 1.19 bits per heavy atom. The molecule has 1 aromatic heterocycles. The van der Waals surface area contributed by atoms with Crippen LogP contribution in [0.5, 0.6) is 0 Å². The van der Waals surface area contributed by atoms with E-state index in [0.29, 0.717) is 5.78 Å². The Morgan fingerprint density at radius 3 is 2.50 bits per heavy atom. The van der Waals surface area contributed by atoms with Crippen LogP contribution in [-0.2, 0) is 0 Å². The molecule has 0 unspecified atom stereocenters. The molecule has 86 valence electrons. The van der Waals surface area contributed by atoms with Crippen LogP contribution >= 0.6 is 0 Å². The van der Waals surface area contributed by atoms with Crippen LogP contribution in [-0.4, -0.2) is 10.8 Å². The summed E-state index contributed by atoms with van der Waals surface area (Å²) in [6.07, 6.45) is 10.6. The van der Waals surface area contributed by atoms with Crippen LogP contribution in [0.4, 0.5) is 0 Å². The van der Waals surface area contributed by atoms with Crippen molar-refractivity contribution < 1.29 is 4.79 Å². The smallest absolute Gasteiger partial charge is 0.167 e. The van der Waals surface area contributed by atoms with Crippen molar-refractivity contribution in [1.82, 2.24) is 4.98 Å². The fourth-order valence-electron chi connectivity index (χ4n) is 2.47. The summed E-state index contributed by atoms with van der Waals surface area (Å²) in [4.78, 5) is 16.4. The number of rotatable bonds is 2. The largest absolute Gasteiger partial charge is 0.294 e. The zero-order valence-electron chi connectivity index (χ0n) is 9.91. The maximum Gasteiger partial charge on any atom is 0.167 e. The Labute approximate surface area is 97.1 Å². The number of aryl methyl sites for hydroxylation is 1. The van der Waals surface area contributed by atoms with E-state index >= 15 is 0 Å². The summed E-state index contributed by atoms with van der Waals surface area (Å²) in [7, 11) is 0. The lowest BCUT2D eigenvalue weighted by atomic mass is 9.91. The maximum atomic E-state index is 12.3. The number of ketones is 1. The Balaban J connectivity index is 2.11. The molecule has 0 aromatic carbocycles. The molecule has 2 rings (SSSR count). The lowest BCUT2D eigenvalue weighted by Crippen LogP contribution is -2.14. The van der Waals surface area contributed by atoms with E-state index in [2.05, 4.69) is 4.98 Å². The molecule has 2 nitrogen and oxygen atoms in total. The number of carbonyl (C=O) groups is 1. The van der Waals surface area contributed by atoms with Gasteiger partial charge in [-0.05, 0) is 31.4 Å². The van der Waals surface area contributed by atoms with Gasteiger partial charge in [0.15, 0.2) is 5.78 Å². The predicted octanol–water partition coefficient (Wildman–Crippen LogP) is 3.54. The monoisotopic (exact) mass is 217 g/mol. The van der Waals surface area contributed by atoms with Gasteiger partial charge in [-0.2, -0.15) is 0 Å². The fraction of sp³-hybridized carbons (Fsp3) is 0.571. The summed E-state index contributed by atoms with van der Waals surface area (Å²) in [6.45, 7) is 1.98. The van der Waals surface area contributed by atoms with Crippen LogP contribution < -0.4 is 0 Å². The average molecular weight is 217 g/mol. The quantitative estimate of drug-likeness (QED) is 0.560. The highest BCUT2D eigenvalue weighted by molar-refractivity contribution is 5.97. The molecule has 0 bridgehead atoms. The third-order valence-electron chi connectivity index (χ3n) is 3.39. The highest BCUT2D eigenvalue weighted by Gasteiger charge is 2.21. The predicted molar refractivity (Wildman–Crippen MR) is 64.5 cm³/mol. The molecule has 0 amide bonds. The van der Waals surface area contributed by atoms with Crippen molar-refractivity contribution in [2.45, 2.75) is 45.4 Å². The SMILES string of the molecule is Cc1cncc(C(=O)C2CCCCCC2)c1. The van der Waals surface area contributed by atoms with Crippen molar-refractivity contribution in [3.8, 4) is 0 Å². The molecular formula is C14H19NO. The normalized spacial score (nSPS) is 18.1. The van der Waals surface area contributed by atoms with Gasteiger partial charge in [-0.3, -0.25) is 9.78 Å². The number of hydrogen-bond donors (Lipinski definition) is 0. The van der Waals surface area contributed by atoms with Gasteiger partial charge >= 0.3 is 0 Å². The Hall–Kier alpha value is -1.18. The van der Waals surface area contributed by atoms with E-state index < -0.39 is 0 Å². The molecule has 0 spiro atoms. The molecule has 1 heterocycles. The van der Waals surface area contributed by atoms with E-state index in [0.717, 1.165) is 24.0 Å². The van der Waals surface area contributed by atoms with Gasteiger partial charge in [0.25, 0.3) is 0 Å². The lowest BCUT2D eigenvalue weighted by Gasteiger charge is -2.12. The summed E-state index contributed by atoms with van der Waals surface area (Å²) in [5.41, 5.74) is 1.87. The van der Waals surface area contributed by atoms with E-state index in [4.69, 9.17) is 0 Å². The number of hydrogen-bond acceptors (Lipinski definition) is 2. The standard InChI is InChI=1S/C14H19NO/c1-11-8-13(10-15-9-11)14(16)12-6-4-2-3-5-7-12/h8-10,12H,2-7H2,1H3. The number of aromatic nitrogens is 1. The van der Waals surface area contributed by atoms with Crippen LogP contribution in [0.25, 0.3) is 0 Å². The number of pyridine rings is 1. The van der Waals surface area contributed by atoms with Gasteiger partial charge in [0.1, 0.15) is 0 Å². The Bertz CT molecular complexity index is 365. The summed E-state index contributed by atoms with van der Waals surface area (Å²) in [5, 5.41) is 0. The summed E-state index contributed by atoms with van der Waals surface area (Å²) in [6, 6.07) is 1.96. The molecule has 1 fully saturated rings. The van der Waals surface area contributed by atoms with Gasteiger partial charge in [0, 0.05) is 23.9 Å². The molecule has 0 saturated heterocycles. The third kappa shape index (κ3) is 2.69. The second-order valence-electron chi connectivity index (χ2n) is 4.80. The van der Waals surface area contributed by atoms with Crippen molar-refractivity contribution >= 4 is 5.78 Å². The topological polar surface area (TPSA) is 30.0 Å². The van der Waals surface area contributed by atoms with Crippen molar-refractivity contribution in [2.75, 3.05) is 0 Å². The van der Waals surface area contributed by atoms with E-state index in [-0.39, 0.29) is 5.92 Å². The van der Waals surface area contributed by atoms with E-state index in [9.17, 15) is 4.79 Å². The van der Waals surface area contributed by atoms with E-state index in [1.54, 1.807) is 12.4 Å². The third-order valence-corrected chi connectivity index (χ3v) is 3.39. The molecule has 1 aliphatic carbocycles. The summed E-state index contributed by atoms with van der Waals surface area (Å²) in [5.74, 6) is 0.546. The molecule has 0 N–H and O–H groups in total. The Kier molecular flexibility index (Phi) is 3.70. The van der Waals surface area contributed by atoms with Crippen LogP contribution in [0.3, 0.4) is 0 Å². The minimum atomic E-state index is 0.242. The van der Waals surface area contributed by atoms with Gasteiger partial charge in [0.2, 0.25) is 0 Å². The first kappa shape index (κ1) is 11.3. The lowest BCUT2D eigenvalue weighted by molar-refractivity contribution is 0.0907. The van der Waals surface area contributed by atoms with Gasteiger partial charge in [-0.1, -0.05) is 25.7 Å². The zero-order chi connectivity index (χ0) is 11.4. The zero-order valence-corrected chi connectivity index (χ0v) is 9.91. The number of nitrogens with zero attached hydrogens (tertiary/aromatic N) is 1. The van der Waals surface area contributed by atoms with Gasteiger partial charge < -0.3 is 0 Å². The van der Waals surface area contributed by atoms with Crippen LogP contribution in [0.1, 0.15) is 54.4 Å². The van der Waals surface area contributed by atoms with Crippen molar-refractivity contribution in [3.05, 3.63) is 29.6 Å². The van der Waals surface area contributed by atoms with E-state index in [1.807, 2.05) is 13.0 Å². The van der Waals surface area contributed by atoms with Gasteiger partial charge in [0.05, 0.1) is 0 Å². The van der Waals surface area contributed by atoms with Gasteiger partial charge in [-0.15, -0.1) is 0 Å². The molecule has 0 atom stereocenters. The highest BCUT2D eigenvalue weighted by Crippen LogP contribution is 2.25. The van der Waals surface area contributed by atoms with E-state index in [1.165, 1.54) is 25.7 Å². The molecule has 1 aromatic rings. The maximum absolute atomic E-state index is 12.3. The summed E-state index contributed by atoms with van der Waals surface area (Å²) >= 11 is 0. The highest BCUT2D eigenvalue weighted by atomic mass is 16.1. The first-order valence-electron chi connectivity index (χ1n) is 6.23. The fourth-order valence-corrected chi connectivity index (χ4v) is 2.47. The molecule has 2 heteroatoms. The molecule has 0 radical (unpaired) electrons. The summed E-state index contributed by atoms with van der Waals surface area (Å²) < 4.78 is 0. The molecule has 0 aliphatic heterocycles. The first-order chi connectivity index (χ1) is 7.77. The molecule has 1 saturated carbocycles. The first-order valence-corrected chi connectivity index (χ1v) is 6.23. The number of carbonyl (C=O) groups excluding carboxylic acids is 1. The van der Waals surface area contributed by atoms with Crippen LogP contribution in [0, 0.1) is 12.8 Å². The van der Waals surface area contributed by atoms with Crippen molar-refractivity contribution in [3.63, 3.8) is 0 Å². The number of Topliss-reactive ketones (excluding diaryl/α,β-unsaturated/α-hetero) is 1. The van der Waals surface area contributed by atoms with Crippen LogP contribution in [0.2, 0.25) is 0 Å². The second kappa shape index (κ2) is 5.24. The molecular weight excluding hydrogens is 198 g/mol. The second-order valence-corrected chi connectivity index (χ2v) is 4.80. The minimum absolute atomic E-state index is 0.242. The van der Waals surface area contributed by atoms with Crippen LogP contribution in [0.15, 0.2) is 18.5 Å².